The van der Waals surface area contributed by atoms with Crippen molar-refractivity contribution in [1.82, 2.24) is 0 Å². The van der Waals surface area contributed by atoms with Crippen LogP contribution in [0.4, 0.5) is 5.69 Å². The minimum atomic E-state index is 0.0213. The van der Waals surface area contributed by atoms with E-state index in [4.69, 9.17) is 0 Å². The van der Waals surface area contributed by atoms with Crippen molar-refractivity contribution in [2.45, 2.75) is 20.3 Å². The lowest BCUT2D eigenvalue weighted by molar-refractivity contribution is 0.0987. The van der Waals surface area contributed by atoms with Crippen molar-refractivity contribution in [2.75, 3.05) is 11.4 Å². The summed E-state index contributed by atoms with van der Waals surface area (Å²) in [7, 11) is 0. The highest BCUT2D eigenvalue weighted by molar-refractivity contribution is 6.07. The van der Waals surface area contributed by atoms with Crippen LogP contribution >= 0.6 is 0 Å². The first kappa shape index (κ1) is 13.6. The van der Waals surface area contributed by atoms with Crippen LogP contribution in [0.3, 0.4) is 0 Å². The van der Waals surface area contributed by atoms with E-state index in [9.17, 15) is 9.59 Å². The first-order chi connectivity index (χ1) is 10.1. The van der Waals surface area contributed by atoms with Crippen LogP contribution in [0.5, 0.6) is 0 Å². The molecule has 1 heterocycles. The van der Waals surface area contributed by atoms with Gasteiger partial charge in [0.2, 0.25) is 0 Å². The minimum Gasteiger partial charge on any atom is -0.308 e. The van der Waals surface area contributed by atoms with E-state index in [1.54, 1.807) is 17.9 Å². The van der Waals surface area contributed by atoms with Gasteiger partial charge in [0.25, 0.3) is 5.91 Å². The number of anilines is 1. The average Bonchev–Trinajstić information content (AvgIpc) is 2.89. The van der Waals surface area contributed by atoms with Gasteiger partial charge < -0.3 is 4.90 Å². The summed E-state index contributed by atoms with van der Waals surface area (Å²) >= 11 is 0. The standard InChI is InChI=1S/C18H17NO2/c1-12-4-3-5-16(10-12)18(21)19-9-8-15-11-14(13(2)20)6-7-17(15)19/h3-7,10-11H,8-9H2,1-2H3. The molecule has 2 aromatic rings. The van der Waals surface area contributed by atoms with Crippen molar-refractivity contribution in [3.63, 3.8) is 0 Å². The van der Waals surface area contributed by atoms with Gasteiger partial charge in [-0.05, 0) is 56.2 Å². The van der Waals surface area contributed by atoms with Crippen molar-refractivity contribution >= 4 is 17.4 Å². The molecule has 0 aromatic heterocycles. The lowest BCUT2D eigenvalue weighted by atomic mass is 10.1. The molecular formula is C18H17NO2. The molecule has 0 atom stereocenters. The third-order valence-electron chi connectivity index (χ3n) is 3.89. The fourth-order valence-corrected chi connectivity index (χ4v) is 2.77. The smallest absolute Gasteiger partial charge is 0.258 e. The summed E-state index contributed by atoms with van der Waals surface area (Å²) < 4.78 is 0. The van der Waals surface area contributed by atoms with Crippen LogP contribution in [0.25, 0.3) is 0 Å². The lowest BCUT2D eigenvalue weighted by Crippen LogP contribution is -2.28. The number of hydrogen-bond acceptors (Lipinski definition) is 2. The van der Waals surface area contributed by atoms with Crippen molar-refractivity contribution in [1.29, 1.82) is 0 Å². The average molecular weight is 279 g/mol. The Morgan fingerprint density at radius 1 is 1.05 bits per heavy atom. The molecule has 0 unspecified atom stereocenters. The topological polar surface area (TPSA) is 37.4 Å². The van der Waals surface area contributed by atoms with Gasteiger partial charge in [0, 0.05) is 23.4 Å². The summed E-state index contributed by atoms with van der Waals surface area (Å²) in [5.74, 6) is 0.0780. The number of benzene rings is 2. The van der Waals surface area contributed by atoms with Crippen molar-refractivity contribution in [3.8, 4) is 0 Å². The summed E-state index contributed by atoms with van der Waals surface area (Å²) in [5, 5.41) is 0. The Hall–Kier alpha value is -2.42. The van der Waals surface area contributed by atoms with Crippen LogP contribution in [-0.4, -0.2) is 18.2 Å². The van der Waals surface area contributed by atoms with Crippen LogP contribution < -0.4 is 4.90 Å². The Labute approximate surface area is 124 Å². The third-order valence-corrected chi connectivity index (χ3v) is 3.89. The number of carbonyl (C=O) groups is 2. The third kappa shape index (κ3) is 2.47. The zero-order chi connectivity index (χ0) is 15.0. The number of rotatable bonds is 2. The normalized spacial score (nSPS) is 13.1. The van der Waals surface area contributed by atoms with Crippen LogP contribution in [-0.2, 0) is 6.42 Å². The molecule has 0 N–H and O–H groups in total. The SMILES string of the molecule is CC(=O)c1ccc2c(c1)CCN2C(=O)c1cccc(C)c1. The van der Waals surface area contributed by atoms with Gasteiger partial charge in [0.05, 0.1) is 0 Å². The predicted molar refractivity (Wildman–Crippen MR) is 83.0 cm³/mol. The molecule has 0 saturated carbocycles. The maximum absolute atomic E-state index is 12.6. The van der Waals surface area contributed by atoms with E-state index < -0.39 is 0 Å². The molecule has 0 bridgehead atoms. The van der Waals surface area contributed by atoms with Gasteiger partial charge in [0.15, 0.2) is 5.78 Å². The van der Waals surface area contributed by atoms with Crippen LogP contribution in [0.15, 0.2) is 42.5 Å². The van der Waals surface area contributed by atoms with Crippen molar-refractivity contribution in [3.05, 3.63) is 64.7 Å². The summed E-state index contributed by atoms with van der Waals surface area (Å²) in [4.78, 5) is 25.9. The highest BCUT2D eigenvalue weighted by atomic mass is 16.2. The number of aryl methyl sites for hydroxylation is 1. The molecule has 0 radical (unpaired) electrons. The number of amides is 1. The Balaban J connectivity index is 1.94. The molecule has 1 aliphatic heterocycles. The molecule has 0 aliphatic carbocycles. The Bertz CT molecular complexity index is 734. The van der Waals surface area contributed by atoms with E-state index in [2.05, 4.69) is 0 Å². The second-order valence-electron chi connectivity index (χ2n) is 5.48. The first-order valence-electron chi connectivity index (χ1n) is 7.08. The first-order valence-corrected chi connectivity index (χ1v) is 7.08. The molecule has 1 aliphatic rings. The van der Waals surface area contributed by atoms with Crippen LogP contribution in [0.1, 0.15) is 38.8 Å². The molecular weight excluding hydrogens is 262 g/mol. The van der Waals surface area contributed by atoms with Gasteiger partial charge in [-0.25, -0.2) is 0 Å². The zero-order valence-electron chi connectivity index (χ0n) is 12.2. The summed E-state index contributed by atoms with van der Waals surface area (Å²) in [6, 6.07) is 13.2. The molecule has 3 heteroatoms. The van der Waals surface area contributed by atoms with E-state index in [1.807, 2.05) is 43.3 Å². The maximum Gasteiger partial charge on any atom is 0.258 e. The molecule has 106 valence electrons. The molecule has 3 rings (SSSR count). The monoisotopic (exact) mass is 279 g/mol. The van der Waals surface area contributed by atoms with Gasteiger partial charge >= 0.3 is 0 Å². The van der Waals surface area contributed by atoms with Gasteiger partial charge in [-0.3, -0.25) is 9.59 Å². The van der Waals surface area contributed by atoms with Gasteiger partial charge in [0.1, 0.15) is 0 Å². The van der Waals surface area contributed by atoms with Gasteiger partial charge in [-0.15, -0.1) is 0 Å². The summed E-state index contributed by atoms with van der Waals surface area (Å²) in [6.45, 7) is 4.21. The number of ketones is 1. The number of fused-ring (bicyclic) bond motifs is 1. The fourth-order valence-electron chi connectivity index (χ4n) is 2.77. The largest absolute Gasteiger partial charge is 0.308 e. The number of hydrogen-bond donors (Lipinski definition) is 0. The van der Waals surface area contributed by atoms with E-state index in [0.717, 1.165) is 23.2 Å². The fraction of sp³-hybridized carbons (Fsp3) is 0.222. The van der Waals surface area contributed by atoms with Crippen LogP contribution in [0.2, 0.25) is 0 Å². The minimum absolute atomic E-state index is 0.0213. The van der Waals surface area contributed by atoms with Crippen molar-refractivity contribution < 1.29 is 9.59 Å². The van der Waals surface area contributed by atoms with Gasteiger partial charge in [-0.2, -0.15) is 0 Å². The number of carbonyl (C=O) groups excluding carboxylic acids is 2. The number of Topliss-reactive ketones (excluding diaryl/α,β-unsaturated/α-hetero) is 1. The van der Waals surface area contributed by atoms with Crippen LogP contribution in [0, 0.1) is 6.92 Å². The van der Waals surface area contributed by atoms with E-state index >= 15 is 0 Å². The summed E-state index contributed by atoms with van der Waals surface area (Å²) in [5.41, 5.74) is 4.49. The Morgan fingerprint density at radius 3 is 2.57 bits per heavy atom. The second-order valence-corrected chi connectivity index (χ2v) is 5.48. The van der Waals surface area contributed by atoms with Gasteiger partial charge in [-0.1, -0.05) is 17.7 Å². The molecule has 21 heavy (non-hydrogen) atoms. The molecule has 0 spiro atoms. The quantitative estimate of drug-likeness (QED) is 0.790. The number of nitrogens with zero attached hydrogens (tertiary/aromatic N) is 1. The van der Waals surface area contributed by atoms with E-state index in [-0.39, 0.29) is 11.7 Å². The Morgan fingerprint density at radius 2 is 1.86 bits per heavy atom. The molecule has 0 saturated heterocycles. The molecule has 2 aromatic carbocycles. The highest BCUT2D eigenvalue weighted by Crippen LogP contribution is 2.30. The lowest BCUT2D eigenvalue weighted by Gasteiger charge is -2.17. The zero-order valence-corrected chi connectivity index (χ0v) is 12.2. The Kier molecular flexibility index (Phi) is 3.34. The molecule has 0 fully saturated rings. The molecule has 3 nitrogen and oxygen atoms in total. The van der Waals surface area contributed by atoms with Crippen molar-refractivity contribution in [2.24, 2.45) is 0 Å². The summed E-state index contributed by atoms with van der Waals surface area (Å²) in [6.07, 6.45) is 0.800. The van der Waals surface area contributed by atoms with E-state index in [1.165, 1.54) is 0 Å². The predicted octanol–water partition coefficient (Wildman–Crippen LogP) is 3.40. The molecule has 1 amide bonds. The van der Waals surface area contributed by atoms with E-state index in [0.29, 0.717) is 17.7 Å². The maximum atomic E-state index is 12.6. The second kappa shape index (κ2) is 5.17. The highest BCUT2D eigenvalue weighted by Gasteiger charge is 2.26.